The second-order valence-electron chi connectivity index (χ2n) is 4.40. The van der Waals surface area contributed by atoms with E-state index in [1.807, 2.05) is 0 Å². The Kier molecular flexibility index (Phi) is 3.53. The SMILES string of the molecule is CC(=CCN1C(=O)c2ccc([N+](=O)[O-])cc2C1=O)C(=O)O. The van der Waals surface area contributed by atoms with E-state index in [0.717, 1.165) is 17.0 Å². The molecular weight excluding hydrogens is 280 g/mol. The number of benzene rings is 1. The summed E-state index contributed by atoms with van der Waals surface area (Å²) in [4.78, 5) is 45.6. The number of carbonyl (C=O) groups is 3. The van der Waals surface area contributed by atoms with E-state index in [4.69, 9.17) is 5.11 Å². The predicted octanol–water partition coefficient (Wildman–Crippen LogP) is 1.22. The van der Waals surface area contributed by atoms with E-state index in [1.165, 1.54) is 19.1 Å². The quantitative estimate of drug-likeness (QED) is 0.385. The van der Waals surface area contributed by atoms with Gasteiger partial charge in [-0.1, -0.05) is 6.08 Å². The average Bonchev–Trinajstić information content (AvgIpc) is 2.68. The molecule has 2 rings (SSSR count). The smallest absolute Gasteiger partial charge is 0.331 e. The minimum absolute atomic E-state index is 0.00228. The normalized spacial score (nSPS) is 14.3. The fourth-order valence-corrected chi connectivity index (χ4v) is 1.87. The van der Waals surface area contributed by atoms with Crippen molar-refractivity contribution in [2.75, 3.05) is 6.54 Å². The van der Waals surface area contributed by atoms with Crippen LogP contribution in [0.4, 0.5) is 5.69 Å². The highest BCUT2D eigenvalue weighted by Gasteiger charge is 2.36. The summed E-state index contributed by atoms with van der Waals surface area (Å²) in [6.07, 6.45) is 1.23. The average molecular weight is 290 g/mol. The number of imide groups is 1. The first-order chi connectivity index (χ1) is 9.82. The van der Waals surface area contributed by atoms with Gasteiger partial charge in [0, 0.05) is 24.3 Å². The molecule has 1 aliphatic heterocycles. The van der Waals surface area contributed by atoms with Crippen molar-refractivity contribution in [3.63, 3.8) is 0 Å². The number of non-ortho nitro benzene ring substituents is 1. The van der Waals surface area contributed by atoms with Gasteiger partial charge in [0.25, 0.3) is 17.5 Å². The van der Waals surface area contributed by atoms with Gasteiger partial charge in [0.15, 0.2) is 0 Å². The third-order valence-corrected chi connectivity index (χ3v) is 3.08. The molecule has 108 valence electrons. The Morgan fingerprint density at radius 3 is 2.52 bits per heavy atom. The third kappa shape index (κ3) is 2.50. The molecule has 0 saturated heterocycles. The molecule has 0 atom stereocenters. The molecule has 0 saturated carbocycles. The van der Waals surface area contributed by atoms with Crippen molar-refractivity contribution in [3.05, 3.63) is 51.1 Å². The highest BCUT2D eigenvalue weighted by atomic mass is 16.6. The molecule has 2 amide bonds. The van der Waals surface area contributed by atoms with Crippen molar-refractivity contribution >= 4 is 23.5 Å². The number of nitro benzene ring substituents is 1. The first-order valence-corrected chi connectivity index (χ1v) is 5.87. The molecule has 1 heterocycles. The van der Waals surface area contributed by atoms with E-state index in [0.29, 0.717) is 0 Å². The molecular formula is C13H10N2O6. The summed E-state index contributed by atoms with van der Waals surface area (Å²) < 4.78 is 0. The number of fused-ring (bicyclic) bond motifs is 1. The molecule has 21 heavy (non-hydrogen) atoms. The van der Waals surface area contributed by atoms with E-state index in [1.54, 1.807) is 0 Å². The van der Waals surface area contributed by atoms with Crippen molar-refractivity contribution in [1.29, 1.82) is 0 Å². The lowest BCUT2D eigenvalue weighted by Crippen LogP contribution is -2.30. The van der Waals surface area contributed by atoms with Crippen LogP contribution in [-0.4, -0.2) is 39.3 Å². The molecule has 0 aromatic heterocycles. The molecule has 0 radical (unpaired) electrons. The standard InChI is InChI=1S/C13H10N2O6/c1-7(13(18)19)4-5-14-11(16)9-3-2-8(15(20)21)6-10(9)12(14)17/h2-4,6H,5H2,1H3,(H,18,19). The maximum absolute atomic E-state index is 12.1. The van der Waals surface area contributed by atoms with Gasteiger partial charge in [-0.25, -0.2) is 4.79 Å². The molecule has 8 nitrogen and oxygen atoms in total. The van der Waals surface area contributed by atoms with Crippen LogP contribution in [0, 0.1) is 10.1 Å². The number of carbonyl (C=O) groups excluding carboxylic acids is 2. The van der Waals surface area contributed by atoms with Crippen molar-refractivity contribution < 1.29 is 24.4 Å². The fraction of sp³-hybridized carbons (Fsp3) is 0.154. The zero-order valence-electron chi connectivity index (χ0n) is 10.9. The number of nitrogens with zero attached hydrogens (tertiary/aromatic N) is 2. The number of aliphatic carboxylic acids is 1. The van der Waals surface area contributed by atoms with Crippen molar-refractivity contribution in [3.8, 4) is 0 Å². The van der Waals surface area contributed by atoms with Crippen LogP contribution in [0.2, 0.25) is 0 Å². The van der Waals surface area contributed by atoms with Crippen LogP contribution >= 0.6 is 0 Å². The summed E-state index contributed by atoms with van der Waals surface area (Å²) in [5, 5.41) is 19.4. The molecule has 0 unspecified atom stereocenters. The highest BCUT2D eigenvalue weighted by molar-refractivity contribution is 6.21. The molecule has 1 N–H and O–H groups in total. The topological polar surface area (TPSA) is 118 Å². The van der Waals surface area contributed by atoms with Crippen molar-refractivity contribution in [2.24, 2.45) is 0 Å². The molecule has 1 aliphatic rings. The van der Waals surface area contributed by atoms with Crippen LogP contribution in [-0.2, 0) is 4.79 Å². The van der Waals surface area contributed by atoms with Crippen molar-refractivity contribution in [1.82, 2.24) is 4.90 Å². The zero-order chi connectivity index (χ0) is 15.7. The van der Waals surface area contributed by atoms with Crippen LogP contribution in [0.5, 0.6) is 0 Å². The monoisotopic (exact) mass is 290 g/mol. The van der Waals surface area contributed by atoms with Gasteiger partial charge in [-0.2, -0.15) is 0 Å². The van der Waals surface area contributed by atoms with Gasteiger partial charge in [0.2, 0.25) is 0 Å². The lowest BCUT2D eigenvalue weighted by Gasteiger charge is -2.10. The summed E-state index contributed by atoms with van der Waals surface area (Å²) in [6, 6.07) is 3.41. The van der Waals surface area contributed by atoms with E-state index in [9.17, 15) is 24.5 Å². The van der Waals surface area contributed by atoms with Crippen LogP contribution in [0.25, 0.3) is 0 Å². The van der Waals surface area contributed by atoms with Gasteiger partial charge in [0.05, 0.1) is 16.1 Å². The lowest BCUT2D eigenvalue weighted by molar-refractivity contribution is -0.384. The molecule has 8 heteroatoms. The Hall–Kier alpha value is -3.03. The van der Waals surface area contributed by atoms with E-state index in [2.05, 4.69) is 0 Å². The second-order valence-corrected chi connectivity index (χ2v) is 4.40. The Morgan fingerprint density at radius 2 is 1.95 bits per heavy atom. The van der Waals surface area contributed by atoms with Gasteiger partial charge in [-0.15, -0.1) is 0 Å². The van der Waals surface area contributed by atoms with Gasteiger partial charge >= 0.3 is 5.97 Å². The van der Waals surface area contributed by atoms with Crippen LogP contribution in [0.1, 0.15) is 27.6 Å². The first kappa shape index (κ1) is 14.4. The summed E-state index contributed by atoms with van der Waals surface area (Å²) >= 11 is 0. The Bertz CT molecular complexity index is 707. The van der Waals surface area contributed by atoms with Gasteiger partial charge in [-0.3, -0.25) is 24.6 Å². The van der Waals surface area contributed by atoms with Crippen LogP contribution in [0.3, 0.4) is 0 Å². The predicted molar refractivity (Wildman–Crippen MR) is 69.9 cm³/mol. The number of hydrogen-bond acceptors (Lipinski definition) is 5. The van der Waals surface area contributed by atoms with Crippen molar-refractivity contribution in [2.45, 2.75) is 6.92 Å². The van der Waals surface area contributed by atoms with Crippen LogP contribution < -0.4 is 0 Å². The lowest BCUT2D eigenvalue weighted by atomic mass is 10.1. The molecule has 1 aromatic rings. The number of amides is 2. The Balaban J connectivity index is 2.32. The number of nitro groups is 1. The molecule has 0 spiro atoms. The Labute approximate surface area is 118 Å². The number of carboxylic acid groups (broad SMARTS) is 1. The summed E-state index contributed by atoms with van der Waals surface area (Å²) in [7, 11) is 0. The van der Waals surface area contributed by atoms with E-state index in [-0.39, 0.29) is 28.9 Å². The molecule has 0 bridgehead atoms. The van der Waals surface area contributed by atoms with Crippen LogP contribution in [0.15, 0.2) is 29.8 Å². The minimum atomic E-state index is -1.15. The minimum Gasteiger partial charge on any atom is -0.478 e. The number of hydrogen-bond donors (Lipinski definition) is 1. The first-order valence-electron chi connectivity index (χ1n) is 5.87. The van der Waals surface area contributed by atoms with Gasteiger partial charge in [0.1, 0.15) is 0 Å². The maximum Gasteiger partial charge on any atom is 0.331 e. The summed E-state index contributed by atoms with van der Waals surface area (Å²) in [5.74, 6) is -2.42. The summed E-state index contributed by atoms with van der Waals surface area (Å²) in [6.45, 7) is 1.14. The van der Waals surface area contributed by atoms with E-state index < -0.39 is 22.7 Å². The Morgan fingerprint density at radius 1 is 1.33 bits per heavy atom. The second kappa shape index (κ2) is 5.16. The largest absolute Gasteiger partial charge is 0.478 e. The third-order valence-electron chi connectivity index (χ3n) is 3.08. The number of carboxylic acids is 1. The molecule has 0 aliphatic carbocycles. The fourth-order valence-electron chi connectivity index (χ4n) is 1.87. The number of rotatable bonds is 4. The summed E-state index contributed by atoms with van der Waals surface area (Å²) in [5.41, 5.74) is -0.255. The zero-order valence-corrected chi connectivity index (χ0v) is 10.9. The van der Waals surface area contributed by atoms with Gasteiger partial charge in [-0.05, 0) is 13.0 Å². The molecule has 1 aromatic carbocycles. The maximum atomic E-state index is 12.1. The van der Waals surface area contributed by atoms with Gasteiger partial charge < -0.3 is 5.11 Å². The highest BCUT2D eigenvalue weighted by Crippen LogP contribution is 2.26. The van der Waals surface area contributed by atoms with E-state index >= 15 is 0 Å². The molecule has 0 fully saturated rings.